The van der Waals surface area contributed by atoms with Crippen molar-refractivity contribution < 1.29 is 28.4 Å². The van der Waals surface area contributed by atoms with Crippen LogP contribution in [0.3, 0.4) is 0 Å². The highest BCUT2D eigenvalue weighted by Gasteiger charge is 2.20. The molecule has 1 N–H and O–H groups in total. The summed E-state index contributed by atoms with van der Waals surface area (Å²) in [5.41, 5.74) is 0.0743. The summed E-state index contributed by atoms with van der Waals surface area (Å²) in [7, 11) is 0. The van der Waals surface area contributed by atoms with Crippen molar-refractivity contribution in [2.45, 2.75) is 20.0 Å². The number of ether oxygens (including phenoxy) is 2. The number of anilines is 1. The molecule has 0 saturated carbocycles. The Hall–Kier alpha value is -3.49. The Morgan fingerprint density at radius 3 is 2.63 bits per heavy atom. The van der Waals surface area contributed by atoms with Crippen LogP contribution >= 0.6 is 0 Å². The number of hydrogen-bond acceptors (Lipinski definition) is 6. The van der Waals surface area contributed by atoms with E-state index in [4.69, 9.17) is 9.47 Å². The lowest BCUT2D eigenvalue weighted by Crippen LogP contribution is -2.31. The second-order valence-electron chi connectivity index (χ2n) is 5.60. The third-order valence-electron chi connectivity index (χ3n) is 3.53. The van der Waals surface area contributed by atoms with Gasteiger partial charge in [0.15, 0.2) is 12.7 Å². The van der Waals surface area contributed by atoms with E-state index in [2.05, 4.69) is 5.32 Å². The van der Waals surface area contributed by atoms with Crippen molar-refractivity contribution in [2.24, 2.45) is 0 Å². The van der Waals surface area contributed by atoms with E-state index in [0.717, 1.165) is 23.8 Å². The molecule has 0 heterocycles. The summed E-state index contributed by atoms with van der Waals surface area (Å²) < 4.78 is 23.6. The molecule has 0 aliphatic rings. The molecule has 0 unspecified atom stereocenters. The Kier molecular flexibility index (Phi) is 6.42. The van der Waals surface area contributed by atoms with Gasteiger partial charge in [0.1, 0.15) is 5.75 Å². The standard InChI is InChI=1S/C18H17FN2O6/c1-11-5-3-4-6-16(11)26-10-17(22)27-12(2)18(23)20-13-7-8-14(19)15(9-13)21(24)25/h3-9,12H,10H2,1-2H3,(H,20,23)/t12-/m0/s1. The van der Waals surface area contributed by atoms with Gasteiger partial charge < -0.3 is 14.8 Å². The monoisotopic (exact) mass is 376 g/mol. The minimum Gasteiger partial charge on any atom is -0.482 e. The summed E-state index contributed by atoms with van der Waals surface area (Å²) in [6.45, 7) is 2.77. The Bertz CT molecular complexity index is 871. The Balaban J connectivity index is 1.90. The molecule has 8 nitrogen and oxygen atoms in total. The molecule has 2 aromatic rings. The number of nitrogens with one attached hydrogen (secondary N) is 1. The van der Waals surface area contributed by atoms with Crippen LogP contribution in [0.4, 0.5) is 15.8 Å². The fourth-order valence-electron chi connectivity index (χ4n) is 2.11. The zero-order valence-electron chi connectivity index (χ0n) is 14.6. The van der Waals surface area contributed by atoms with Gasteiger partial charge in [0.05, 0.1) is 4.92 Å². The van der Waals surface area contributed by atoms with Crippen LogP contribution in [0.1, 0.15) is 12.5 Å². The van der Waals surface area contributed by atoms with Crippen LogP contribution in [-0.2, 0) is 14.3 Å². The second-order valence-corrected chi connectivity index (χ2v) is 5.60. The van der Waals surface area contributed by atoms with Crippen LogP contribution < -0.4 is 10.1 Å². The van der Waals surface area contributed by atoms with Crippen molar-refractivity contribution >= 4 is 23.3 Å². The van der Waals surface area contributed by atoms with Gasteiger partial charge in [-0.1, -0.05) is 18.2 Å². The Morgan fingerprint density at radius 1 is 1.26 bits per heavy atom. The maximum absolute atomic E-state index is 13.3. The third-order valence-corrected chi connectivity index (χ3v) is 3.53. The lowest BCUT2D eigenvalue weighted by atomic mass is 10.2. The van der Waals surface area contributed by atoms with Crippen LogP contribution in [0.15, 0.2) is 42.5 Å². The number of esters is 1. The normalized spacial score (nSPS) is 11.4. The number of nitrogens with zero attached hydrogens (tertiary/aromatic N) is 1. The number of nitro groups is 1. The second kappa shape index (κ2) is 8.75. The molecule has 0 fully saturated rings. The third kappa shape index (κ3) is 5.50. The highest BCUT2D eigenvalue weighted by atomic mass is 19.1. The molecule has 27 heavy (non-hydrogen) atoms. The van der Waals surface area contributed by atoms with Gasteiger partial charge in [-0.05, 0) is 37.6 Å². The number of hydrogen-bond donors (Lipinski definition) is 1. The summed E-state index contributed by atoms with van der Waals surface area (Å²) in [5.74, 6) is -1.98. The van der Waals surface area contributed by atoms with Gasteiger partial charge in [-0.25, -0.2) is 4.79 Å². The quantitative estimate of drug-likeness (QED) is 0.452. The number of amides is 1. The maximum Gasteiger partial charge on any atom is 0.344 e. The van der Waals surface area contributed by atoms with Gasteiger partial charge in [-0.15, -0.1) is 0 Å². The molecule has 0 aromatic heterocycles. The smallest absolute Gasteiger partial charge is 0.344 e. The van der Waals surface area contributed by atoms with E-state index in [1.54, 1.807) is 12.1 Å². The lowest BCUT2D eigenvalue weighted by molar-refractivity contribution is -0.387. The molecule has 2 rings (SSSR count). The summed E-state index contributed by atoms with van der Waals surface area (Å²) in [5, 5.41) is 13.0. The number of carbonyl (C=O) groups is 2. The van der Waals surface area contributed by atoms with E-state index in [1.807, 2.05) is 19.1 Å². The molecule has 0 saturated heterocycles. The molecular formula is C18H17FN2O6. The maximum atomic E-state index is 13.3. The molecule has 2 aromatic carbocycles. The van der Waals surface area contributed by atoms with Crippen LogP contribution in [0.5, 0.6) is 5.75 Å². The Labute approximate surface area is 154 Å². The summed E-state index contributed by atoms with van der Waals surface area (Å²) in [4.78, 5) is 33.7. The fraction of sp³-hybridized carbons (Fsp3) is 0.222. The van der Waals surface area contributed by atoms with E-state index in [9.17, 15) is 24.1 Å². The Morgan fingerprint density at radius 2 is 1.96 bits per heavy atom. The highest BCUT2D eigenvalue weighted by Crippen LogP contribution is 2.22. The number of carbonyl (C=O) groups excluding carboxylic acids is 2. The van der Waals surface area contributed by atoms with E-state index in [-0.39, 0.29) is 12.3 Å². The molecule has 0 aliphatic heterocycles. The number of halogens is 1. The van der Waals surface area contributed by atoms with Gasteiger partial charge >= 0.3 is 11.7 Å². The van der Waals surface area contributed by atoms with Crippen molar-refractivity contribution in [1.82, 2.24) is 0 Å². The summed E-state index contributed by atoms with van der Waals surface area (Å²) >= 11 is 0. The number of nitro benzene ring substituents is 1. The zero-order valence-corrected chi connectivity index (χ0v) is 14.6. The molecule has 1 amide bonds. The number of rotatable bonds is 7. The van der Waals surface area contributed by atoms with Crippen molar-refractivity contribution in [3.8, 4) is 5.75 Å². The van der Waals surface area contributed by atoms with Crippen molar-refractivity contribution in [2.75, 3.05) is 11.9 Å². The highest BCUT2D eigenvalue weighted by molar-refractivity contribution is 5.95. The van der Waals surface area contributed by atoms with E-state index < -0.39 is 34.4 Å². The van der Waals surface area contributed by atoms with Gasteiger partial charge in [0.2, 0.25) is 5.82 Å². The van der Waals surface area contributed by atoms with Gasteiger partial charge in [0.25, 0.3) is 5.91 Å². The SMILES string of the molecule is Cc1ccccc1OCC(=O)O[C@@H](C)C(=O)Nc1ccc(F)c([N+](=O)[O-])c1. The molecule has 0 spiro atoms. The molecule has 9 heteroatoms. The zero-order chi connectivity index (χ0) is 20.0. The molecule has 0 aliphatic carbocycles. The van der Waals surface area contributed by atoms with Crippen molar-refractivity contribution in [3.63, 3.8) is 0 Å². The molecule has 142 valence electrons. The number of benzene rings is 2. The lowest BCUT2D eigenvalue weighted by Gasteiger charge is -2.14. The van der Waals surface area contributed by atoms with Crippen LogP contribution in [0.25, 0.3) is 0 Å². The number of aryl methyl sites for hydroxylation is 1. The average Bonchev–Trinajstić information content (AvgIpc) is 2.62. The average molecular weight is 376 g/mol. The van der Waals surface area contributed by atoms with Crippen molar-refractivity contribution in [3.05, 3.63) is 64.0 Å². The molecular weight excluding hydrogens is 359 g/mol. The molecule has 0 radical (unpaired) electrons. The van der Waals surface area contributed by atoms with Gasteiger partial charge in [-0.3, -0.25) is 14.9 Å². The van der Waals surface area contributed by atoms with E-state index >= 15 is 0 Å². The van der Waals surface area contributed by atoms with Crippen molar-refractivity contribution in [1.29, 1.82) is 0 Å². The first-order valence-corrected chi connectivity index (χ1v) is 7.90. The van der Waals surface area contributed by atoms with Crippen LogP contribution in [0.2, 0.25) is 0 Å². The predicted octanol–water partition coefficient (Wildman–Crippen LogP) is 2.99. The first kappa shape index (κ1) is 19.8. The number of para-hydroxylation sites is 1. The largest absolute Gasteiger partial charge is 0.482 e. The van der Waals surface area contributed by atoms with E-state index in [1.165, 1.54) is 6.92 Å². The van der Waals surface area contributed by atoms with E-state index in [0.29, 0.717) is 5.75 Å². The van der Waals surface area contributed by atoms with Crippen LogP contribution in [-0.4, -0.2) is 29.5 Å². The fourth-order valence-corrected chi connectivity index (χ4v) is 2.11. The topological polar surface area (TPSA) is 108 Å². The van der Waals surface area contributed by atoms with Gasteiger partial charge in [0, 0.05) is 11.8 Å². The minimum atomic E-state index is -1.18. The predicted molar refractivity (Wildman–Crippen MR) is 93.9 cm³/mol. The first-order valence-electron chi connectivity index (χ1n) is 7.90. The minimum absolute atomic E-state index is 0.00663. The molecule has 1 atom stereocenters. The summed E-state index contributed by atoms with van der Waals surface area (Å²) in [6, 6.07) is 10.00. The van der Waals surface area contributed by atoms with Gasteiger partial charge in [-0.2, -0.15) is 4.39 Å². The molecule has 0 bridgehead atoms. The summed E-state index contributed by atoms with van der Waals surface area (Å²) in [6.07, 6.45) is -1.18. The van der Waals surface area contributed by atoms with Crippen LogP contribution in [0, 0.1) is 22.9 Å². The first-order chi connectivity index (χ1) is 12.8.